The van der Waals surface area contributed by atoms with E-state index >= 15 is 0 Å². The summed E-state index contributed by atoms with van der Waals surface area (Å²) < 4.78 is 7.61. The Kier molecular flexibility index (Phi) is 4.22. The van der Waals surface area contributed by atoms with E-state index in [0.29, 0.717) is 11.3 Å². The lowest BCUT2D eigenvalue weighted by Gasteiger charge is -2.60. The summed E-state index contributed by atoms with van der Waals surface area (Å²) in [7, 11) is 0. The van der Waals surface area contributed by atoms with Gasteiger partial charge in [0.1, 0.15) is 6.10 Å². The average Bonchev–Trinajstić information content (AvgIpc) is 3.28. The summed E-state index contributed by atoms with van der Waals surface area (Å²) in [5, 5.41) is 8.35. The fourth-order valence-corrected chi connectivity index (χ4v) is 7.80. The van der Waals surface area contributed by atoms with Gasteiger partial charge in [0.15, 0.2) is 0 Å². The van der Waals surface area contributed by atoms with Crippen molar-refractivity contribution in [3.63, 3.8) is 0 Å². The first-order valence-electron chi connectivity index (χ1n) is 11.2. The molecule has 7 unspecified atom stereocenters. The lowest BCUT2D eigenvalue weighted by molar-refractivity contribution is -0.158. The molecule has 1 aromatic heterocycles. The molecular weight excluding hydrogens is 350 g/mol. The lowest BCUT2D eigenvalue weighted by atomic mass is 9.45. The number of hydrogen-bond acceptors (Lipinski definition) is 4. The molecule has 152 valence electrons. The van der Waals surface area contributed by atoms with Crippen LogP contribution in [0.3, 0.4) is 0 Å². The van der Waals surface area contributed by atoms with Crippen LogP contribution in [-0.4, -0.2) is 27.1 Å². The number of fused-ring (bicyclic) bond motifs is 5. The Labute approximate surface area is 167 Å². The third-order valence-corrected chi connectivity index (χ3v) is 9.16. The second-order valence-electron chi connectivity index (χ2n) is 10.3. The van der Waals surface area contributed by atoms with Crippen LogP contribution in [0.1, 0.15) is 72.1 Å². The fourth-order valence-electron chi connectivity index (χ4n) is 7.80. The zero-order chi connectivity index (χ0) is 19.5. The van der Waals surface area contributed by atoms with Crippen LogP contribution in [0.5, 0.6) is 0 Å². The highest BCUT2D eigenvalue weighted by Crippen LogP contribution is 2.66. The smallest absolute Gasteiger partial charge is 0.302 e. The molecule has 5 rings (SSSR count). The number of allylic oxidation sites excluding steroid dienone is 2. The molecule has 5 nitrogen and oxygen atoms in total. The largest absolute Gasteiger partial charge is 0.463 e. The standard InChI is InChI=1S/C23H33N3O2/c1-15(27)28-17-8-10-22(2)16(14-17)4-5-18-19-6-7-21(26-13-12-24-25-26)23(19,3)11-9-20(18)22/h7,12-13,16-20H,4-6,8-11,14H2,1-3H3. The van der Waals surface area contributed by atoms with E-state index in [4.69, 9.17) is 4.74 Å². The van der Waals surface area contributed by atoms with E-state index in [9.17, 15) is 4.79 Å². The highest BCUT2D eigenvalue weighted by Gasteiger charge is 2.59. The van der Waals surface area contributed by atoms with E-state index in [0.717, 1.165) is 30.6 Å². The summed E-state index contributed by atoms with van der Waals surface area (Å²) in [5.74, 6) is 2.94. The zero-order valence-electron chi connectivity index (χ0n) is 17.4. The molecule has 5 heteroatoms. The SMILES string of the molecule is CC(=O)OC1CCC2(C)C(CCC3C4CC=C(n5ccnn5)C4(C)CCC32)C1. The first-order chi connectivity index (χ1) is 13.4. The Hall–Kier alpha value is -1.65. The maximum Gasteiger partial charge on any atom is 0.302 e. The number of aromatic nitrogens is 3. The summed E-state index contributed by atoms with van der Waals surface area (Å²) in [5.41, 5.74) is 2.02. The van der Waals surface area contributed by atoms with Gasteiger partial charge in [0.05, 0.1) is 12.4 Å². The first kappa shape index (κ1) is 18.4. The first-order valence-corrected chi connectivity index (χ1v) is 11.2. The highest BCUT2D eigenvalue weighted by molar-refractivity contribution is 5.66. The predicted octanol–water partition coefficient (Wildman–Crippen LogP) is 4.70. The van der Waals surface area contributed by atoms with E-state index in [1.54, 1.807) is 13.1 Å². The van der Waals surface area contributed by atoms with Gasteiger partial charge in [-0.15, -0.1) is 5.10 Å². The van der Waals surface area contributed by atoms with Crippen molar-refractivity contribution < 1.29 is 9.53 Å². The van der Waals surface area contributed by atoms with Gasteiger partial charge in [0, 0.05) is 18.0 Å². The van der Waals surface area contributed by atoms with Crippen LogP contribution >= 0.6 is 0 Å². The van der Waals surface area contributed by atoms with Gasteiger partial charge in [0.2, 0.25) is 0 Å². The molecule has 0 N–H and O–H groups in total. The molecule has 3 saturated carbocycles. The van der Waals surface area contributed by atoms with Gasteiger partial charge in [0.25, 0.3) is 0 Å². The minimum absolute atomic E-state index is 0.117. The van der Waals surface area contributed by atoms with E-state index in [2.05, 4.69) is 30.2 Å². The van der Waals surface area contributed by atoms with Crippen LogP contribution in [0.15, 0.2) is 18.5 Å². The van der Waals surface area contributed by atoms with Gasteiger partial charge in [-0.25, -0.2) is 4.68 Å². The van der Waals surface area contributed by atoms with Crippen molar-refractivity contribution in [3.8, 4) is 0 Å². The number of nitrogens with zero attached hydrogens (tertiary/aromatic N) is 3. The second-order valence-corrected chi connectivity index (χ2v) is 10.3. The molecule has 0 bridgehead atoms. The van der Waals surface area contributed by atoms with Crippen LogP contribution in [0.4, 0.5) is 0 Å². The minimum Gasteiger partial charge on any atom is -0.463 e. The third kappa shape index (κ3) is 2.61. The topological polar surface area (TPSA) is 57.0 Å². The molecule has 4 aliphatic rings. The maximum absolute atomic E-state index is 11.4. The molecule has 0 radical (unpaired) electrons. The third-order valence-electron chi connectivity index (χ3n) is 9.16. The molecular formula is C23H33N3O2. The molecule has 0 spiro atoms. The molecule has 4 aliphatic carbocycles. The maximum atomic E-state index is 11.4. The van der Waals surface area contributed by atoms with Crippen molar-refractivity contribution in [3.05, 3.63) is 18.5 Å². The molecule has 0 aromatic carbocycles. The Morgan fingerprint density at radius 1 is 1.18 bits per heavy atom. The van der Waals surface area contributed by atoms with Gasteiger partial charge in [-0.1, -0.05) is 25.1 Å². The van der Waals surface area contributed by atoms with Crippen molar-refractivity contribution in [1.82, 2.24) is 15.0 Å². The van der Waals surface area contributed by atoms with Crippen LogP contribution < -0.4 is 0 Å². The van der Waals surface area contributed by atoms with E-state index in [-0.39, 0.29) is 17.5 Å². The summed E-state index contributed by atoms with van der Waals surface area (Å²) in [6, 6.07) is 0. The quantitative estimate of drug-likeness (QED) is 0.695. The number of rotatable bonds is 2. The molecule has 0 saturated heterocycles. The number of carbonyl (C=O) groups is 1. The van der Waals surface area contributed by atoms with E-state index in [1.807, 2.05) is 10.9 Å². The minimum atomic E-state index is -0.117. The second kappa shape index (κ2) is 6.43. The Balaban J connectivity index is 1.37. The Bertz CT molecular complexity index is 788. The number of esters is 1. The molecule has 0 amide bonds. The average molecular weight is 384 g/mol. The van der Waals surface area contributed by atoms with Crippen LogP contribution in [0, 0.1) is 34.5 Å². The molecule has 7 atom stereocenters. The van der Waals surface area contributed by atoms with Gasteiger partial charge in [-0.05, 0) is 80.5 Å². The molecule has 3 fully saturated rings. The van der Waals surface area contributed by atoms with Crippen molar-refractivity contribution >= 4 is 11.7 Å². The molecule has 1 heterocycles. The van der Waals surface area contributed by atoms with Crippen LogP contribution in [-0.2, 0) is 9.53 Å². The summed E-state index contributed by atoms with van der Waals surface area (Å²) in [4.78, 5) is 11.4. The summed E-state index contributed by atoms with van der Waals surface area (Å²) in [6.45, 7) is 6.58. The monoisotopic (exact) mass is 383 g/mol. The van der Waals surface area contributed by atoms with Crippen molar-refractivity contribution in [2.24, 2.45) is 34.5 Å². The van der Waals surface area contributed by atoms with Gasteiger partial charge >= 0.3 is 5.97 Å². The Morgan fingerprint density at radius 2 is 2.04 bits per heavy atom. The summed E-state index contributed by atoms with van der Waals surface area (Å²) >= 11 is 0. The number of ether oxygens (including phenoxy) is 1. The number of hydrogen-bond donors (Lipinski definition) is 0. The van der Waals surface area contributed by atoms with Crippen molar-refractivity contribution in [1.29, 1.82) is 0 Å². The van der Waals surface area contributed by atoms with Gasteiger partial charge in [-0.2, -0.15) is 0 Å². The van der Waals surface area contributed by atoms with E-state index < -0.39 is 0 Å². The Morgan fingerprint density at radius 3 is 2.79 bits per heavy atom. The van der Waals surface area contributed by atoms with Crippen molar-refractivity contribution in [2.75, 3.05) is 0 Å². The van der Waals surface area contributed by atoms with Gasteiger partial charge < -0.3 is 4.74 Å². The highest BCUT2D eigenvalue weighted by atomic mass is 16.5. The zero-order valence-corrected chi connectivity index (χ0v) is 17.4. The van der Waals surface area contributed by atoms with Crippen molar-refractivity contribution in [2.45, 2.75) is 78.2 Å². The normalized spacial score (nSPS) is 44.8. The summed E-state index contributed by atoms with van der Waals surface area (Å²) in [6.07, 6.45) is 16.1. The fraction of sp³-hybridized carbons (Fsp3) is 0.783. The van der Waals surface area contributed by atoms with Crippen LogP contribution in [0.2, 0.25) is 0 Å². The molecule has 28 heavy (non-hydrogen) atoms. The molecule has 0 aliphatic heterocycles. The van der Waals surface area contributed by atoms with E-state index in [1.165, 1.54) is 44.2 Å². The van der Waals surface area contributed by atoms with Gasteiger partial charge in [-0.3, -0.25) is 4.79 Å². The van der Waals surface area contributed by atoms with Crippen LogP contribution in [0.25, 0.3) is 5.70 Å². The predicted molar refractivity (Wildman–Crippen MR) is 107 cm³/mol. The number of carbonyl (C=O) groups excluding carboxylic acids is 1. The lowest BCUT2D eigenvalue weighted by Crippen LogP contribution is -2.54. The molecule has 1 aromatic rings.